The molecule has 1 unspecified atom stereocenters. The number of amides is 1. The number of methoxy groups -OCH3 is 1. The topological polar surface area (TPSA) is 57.2 Å². The average molecular weight is 444 g/mol. The zero-order chi connectivity index (χ0) is 22.2. The number of ether oxygens (including phenoxy) is 3. The Balaban J connectivity index is 1.62. The Morgan fingerprint density at radius 3 is 2.74 bits per heavy atom. The minimum atomic E-state index is -2.00. The number of fused-ring (bicyclic) bond motifs is 3. The van der Waals surface area contributed by atoms with Crippen LogP contribution < -0.4 is 9.47 Å². The van der Waals surface area contributed by atoms with Gasteiger partial charge in [-0.3, -0.25) is 4.90 Å². The number of carbonyl (C=O) groups excluding carboxylic acids is 1. The van der Waals surface area contributed by atoms with Crippen molar-refractivity contribution in [1.29, 1.82) is 0 Å². The fourth-order valence-corrected chi connectivity index (χ4v) is 6.89. The van der Waals surface area contributed by atoms with Crippen LogP contribution in [-0.2, 0) is 14.6 Å². The molecule has 0 saturated carbocycles. The highest BCUT2D eigenvalue weighted by molar-refractivity contribution is 6.74. The number of piperidine rings is 1. The smallest absolute Gasteiger partial charge is 0.410 e. The molecule has 7 heteroatoms. The summed E-state index contributed by atoms with van der Waals surface area (Å²) < 4.78 is 24.8. The normalized spacial score (nSPS) is 31.7. The Kier molecular flexibility index (Phi) is 4.55. The molecule has 1 spiro atoms. The van der Waals surface area contributed by atoms with Crippen molar-refractivity contribution in [1.82, 2.24) is 4.90 Å². The second kappa shape index (κ2) is 6.75. The molecule has 1 aromatic carbocycles. The van der Waals surface area contributed by atoms with Crippen molar-refractivity contribution in [3.05, 3.63) is 35.4 Å². The molecule has 3 aliphatic heterocycles. The van der Waals surface area contributed by atoms with Crippen molar-refractivity contribution >= 4 is 14.4 Å². The van der Waals surface area contributed by atoms with Gasteiger partial charge in [-0.2, -0.15) is 0 Å². The van der Waals surface area contributed by atoms with E-state index < -0.39 is 8.32 Å². The Morgan fingerprint density at radius 2 is 2.03 bits per heavy atom. The molecular weight excluding hydrogens is 410 g/mol. The van der Waals surface area contributed by atoms with Gasteiger partial charge in [0.15, 0.2) is 19.8 Å². The Labute approximate surface area is 185 Å². The van der Waals surface area contributed by atoms with E-state index in [0.717, 1.165) is 29.9 Å². The lowest BCUT2D eigenvalue weighted by Crippen LogP contribution is -2.61. The van der Waals surface area contributed by atoms with Crippen LogP contribution in [0, 0.1) is 0 Å². The molecule has 1 aromatic rings. The molecule has 31 heavy (non-hydrogen) atoms. The largest absolute Gasteiger partial charge is 0.493 e. The number of nitrogens with zero attached hydrogens (tertiary/aromatic N) is 1. The first kappa shape index (κ1) is 20.9. The third kappa shape index (κ3) is 2.82. The fraction of sp³-hybridized carbons (Fsp3) is 0.625. The minimum absolute atomic E-state index is 0.0293. The second-order valence-corrected chi connectivity index (χ2v) is 15.5. The average Bonchev–Trinajstić information content (AvgIpc) is 3.25. The van der Waals surface area contributed by atoms with E-state index in [1.165, 1.54) is 5.57 Å². The van der Waals surface area contributed by atoms with E-state index in [1.54, 1.807) is 7.11 Å². The zero-order valence-corrected chi connectivity index (χ0v) is 20.4. The lowest BCUT2D eigenvalue weighted by molar-refractivity contribution is 0.000845. The van der Waals surface area contributed by atoms with E-state index in [2.05, 4.69) is 46.0 Å². The summed E-state index contributed by atoms with van der Waals surface area (Å²) in [5.41, 5.74) is 2.09. The number of benzene rings is 1. The van der Waals surface area contributed by atoms with E-state index in [-0.39, 0.29) is 34.8 Å². The Hall–Kier alpha value is -1.99. The molecule has 0 radical (unpaired) electrons. The van der Waals surface area contributed by atoms with Gasteiger partial charge in [0.05, 0.1) is 24.7 Å². The van der Waals surface area contributed by atoms with Crippen LogP contribution in [0.15, 0.2) is 29.8 Å². The van der Waals surface area contributed by atoms with Crippen molar-refractivity contribution in [2.45, 2.75) is 75.4 Å². The van der Waals surface area contributed by atoms with E-state index in [4.69, 9.17) is 18.6 Å². The van der Waals surface area contributed by atoms with Crippen molar-refractivity contribution in [2.24, 2.45) is 0 Å². The molecule has 5 rings (SSSR count). The number of hydrogen-bond acceptors (Lipinski definition) is 5. The summed E-state index contributed by atoms with van der Waals surface area (Å²) in [4.78, 5) is 14.2. The van der Waals surface area contributed by atoms with Gasteiger partial charge < -0.3 is 18.6 Å². The van der Waals surface area contributed by atoms with Gasteiger partial charge in [0.2, 0.25) is 0 Å². The van der Waals surface area contributed by atoms with Crippen molar-refractivity contribution in [3.8, 4) is 11.5 Å². The van der Waals surface area contributed by atoms with E-state index >= 15 is 0 Å². The number of rotatable bonds is 3. The molecule has 0 bridgehead atoms. The molecular formula is C24H33NO5Si. The van der Waals surface area contributed by atoms with E-state index in [0.29, 0.717) is 13.2 Å². The van der Waals surface area contributed by atoms with Gasteiger partial charge in [-0.15, -0.1) is 0 Å². The SMILES string of the molecule is COc1cccc2c1O[C@@H]1[C@@H](O[Si](C)(C)C(C)(C)C)CC=C3[C@@H]4COC(=O)N4CCC321. The molecule has 2 saturated heterocycles. The monoisotopic (exact) mass is 443 g/mol. The molecule has 168 valence electrons. The van der Waals surface area contributed by atoms with Crippen LogP contribution >= 0.6 is 0 Å². The van der Waals surface area contributed by atoms with Gasteiger partial charge in [0, 0.05) is 12.1 Å². The number of para-hydroxylation sites is 1. The van der Waals surface area contributed by atoms with Crippen LogP contribution in [0.25, 0.3) is 0 Å². The fourth-order valence-electron chi connectivity index (χ4n) is 5.56. The summed E-state index contributed by atoms with van der Waals surface area (Å²) in [5.74, 6) is 1.58. The second-order valence-electron chi connectivity index (χ2n) is 10.7. The van der Waals surface area contributed by atoms with Crippen LogP contribution in [-0.4, -0.2) is 57.8 Å². The summed E-state index contributed by atoms with van der Waals surface area (Å²) in [5, 5.41) is 0.113. The first-order valence-electron chi connectivity index (χ1n) is 11.3. The first-order valence-corrected chi connectivity index (χ1v) is 14.2. The van der Waals surface area contributed by atoms with Crippen LogP contribution in [0.1, 0.15) is 39.2 Å². The number of carbonyl (C=O) groups is 1. The Morgan fingerprint density at radius 1 is 1.26 bits per heavy atom. The Bertz CT molecular complexity index is 952. The van der Waals surface area contributed by atoms with Crippen LogP contribution in [0.2, 0.25) is 18.1 Å². The maximum atomic E-state index is 12.3. The highest BCUT2D eigenvalue weighted by Crippen LogP contribution is 2.60. The van der Waals surface area contributed by atoms with E-state index in [1.807, 2.05) is 17.0 Å². The van der Waals surface area contributed by atoms with Gasteiger partial charge in [-0.05, 0) is 42.6 Å². The molecule has 0 N–H and O–H groups in total. The van der Waals surface area contributed by atoms with Crippen molar-refractivity contribution in [2.75, 3.05) is 20.3 Å². The lowest BCUT2D eigenvalue weighted by Gasteiger charge is -2.51. The maximum absolute atomic E-state index is 12.3. The standard InChI is InChI=1S/C24H33NO5Si/c1-23(2,3)31(5,6)30-19-11-10-15-17-14-28-22(26)25(17)13-12-24(15)16-8-7-9-18(27-4)20(16)29-21(19)24/h7-10,17,19,21H,11-14H2,1-6H3/t17-,19-,21+,24?/m0/s1. The summed E-state index contributed by atoms with van der Waals surface area (Å²) in [6.45, 7) is 12.5. The molecule has 3 heterocycles. The number of hydrogen-bond donors (Lipinski definition) is 0. The predicted octanol–water partition coefficient (Wildman–Crippen LogP) is 4.64. The molecule has 2 fully saturated rings. The summed E-state index contributed by atoms with van der Waals surface area (Å²) in [7, 11) is -0.319. The van der Waals surface area contributed by atoms with Crippen LogP contribution in [0.5, 0.6) is 11.5 Å². The zero-order valence-electron chi connectivity index (χ0n) is 19.4. The van der Waals surface area contributed by atoms with Gasteiger partial charge in [0.25, 0.3) is 0 Å². The minimum Gasteiger partial charge on any atom is -0.493 e. The third-order valence-electron chi connectivity index (χ3n) is 8.17. The van der Waals surface area contributed by atoms with Crippen molar-refractivity contribution < 1.29 is 23.4 Å². The van der Waals surface area contributed by atoms with Gasteiger partial charge in [-0.25, -0.2) is 4.79 Å². The highest BCUT2D eigenvalue weighted by Gasteiger charge is 2.63. The molecule has 4 atom stereocenters. The first-order chi connectivity index (χ1) is 14.6. The maximum Gasteiger partial charge on any atom is 0.410 e. The summed E-state index contributed by atoms with van der Waals surface area (Å²) in [6, 6.07) is 6.13. The summed E-state index contributed by atoms with van der Waals surface area (Å²) in [6.07, 6.45) is 3.51. The van der Waals surface area contributed by atoms with Crippen LogP contribution in [0.3, 0.4) is 0 Å². The van der Waals surface area contributed by atoms with Crippen molar-refractivity contribution in [3.63, 3.8) is 0 Å². The molecule has 6 nitrogen and oxygen atoms in total. The van der Waals surface area contributed by atoms with Crippen LogP contribution in [0.4, 0.5) is 4.79 Å². The quantitative estimate of drug-likeness (QED) is 0.503. The highest BCUT2D eigenvalue weighted by atomic mass is 28.4. The number of cyclic esters (lactones) is 1. The van der Waals surface area contributed by atoms with Gasteiger partial charge >= 0.3 is 6.09 Å². The van der Waals surface area contributed by atoms with E-state index in [9.17, 15) is 4.79 Å². The van der Waals surface area contributed by atoms with Gasteiger partial charge in [-0.1, -0.05) is 39.0 Å². The lowest BCUT2D eigenvalue weighted by atomic mass is 9.60. The van der Waals surface area contributed by atoms with Gasteiger partial charge in [0.1, 0.15) is 12.7 Å². The predicted molar refractivity (Wildman–Crippen MR) is 120 cm³/mol. The third-order valence-corrected chi connectivity index (χ3v) is 12.7. The molecule has 0 aromatic heterocycles. The molecule has 1 amide bonds. The summed E-state index contributed by atoms with van der Waals surface area (Å²) >= 11 is 0. The molecule has 4 aliphatic rings. The molecule has 1 aliphatic carbocycles.